The average Bonchev–Trinajstić information content (AvgIpc) is 2.80. The molecule has 0 spiro atoms. The smallest absolute Gasteiger partial charge is 0.329 e. The molecule has 1 unspecified atom stereocenters. The van der Waals surface area contributed by atoms with Crippen molar-refractivity contribution < 1.29 is 23.9 Å². The Morgan fingerprint density at radius 3 is 2.45 bits per heavy atom. The van der Waals surface area contributed by atoms with E-state index in [1.54, 1.807) is 42.1 Å². The number of benzene rings is 2. The van der Waals surface area contributed by atoms with Gasteiger partial charge in [0.05, 0.1) is 18.4 Å². The molecular weight excluding hydrogens is 436 g/mol. The number of ether oxygens (including phenoxy) is 2. The van der Waals surface area contributed by atoms with Crippen LogP contribution in [0.15, 0.2) is 53.4 Å². The van der Waals surface area contributed by atoms with Crippen LogP contribution in [-0.4, -0.2) is 55.8 Å². The van der Waals surface area contributed by atoms with E-state index in [0.717, 1.165) is 4.90 Å². The lowest BCUT2D eigenvalue weighted by Crippen LogP contribution is -2.43. The van der Waals surface area contributed by atoms with Gasteiger partial charge < -0.3 is 20.1 Å². The molecule has 9 heteroatoms. The third kappa shape index (κ3) is 7.52. The lowest BCUT2D eigenvalue weighted by atomic mass is 10.1. The van der Waals surface area contributed by atoms with E-state index in [4.69, 9.17) is 9.47 Å². The van der Waals surface area contributed by atoms with Gasteiger partial charge in [0.15, 0.2) is 6.61 Å². The van der Waals surface area contributed by atoms with Crippen LogP contribution < -0.4 is 15.4 Å². The zero-order chi connectivity index (χ0) is 22.6. The van der Waals surface area contributed by atoms with Crippen LogP contribution >= 0.6 is 23.5 Å². The fourth-order valence-electron chi connectivity index (χ4n) is 2.72. The number of carbonyl (C=O) groups excluding carboxylic acids is 3. The van der Waals surface area contributed by atoms with Crippen LogP contribution in [0.5, 0.6) is 5.75 Å². The summed E-state index contributed by atoms with van der Waals surface area (Å²) >= 11 is 3.04. The highest BCUT2D eigenvalue weighted by Gasteiger charge is 2.24. The van der Waals surface area contributed by atoms with Gasteiger partial charge in [-0.15, -0.1) is 11.8 Å². The Morgan fingerprint density at radius 1 is 1.03 bits per heavy atom. The van der Waals surface area contributed by atoms with Crippen LogP contribution in [0, 0.1) is 0 Å². The van der Waals surface area contributed by atoms with E-state index < -0.39 is 30.4 Å². The third-order valence-corrected chi connectivity index (χ3v) is 5.72. The zero-order valence-electron chi connectivity index (χ0n) is 17.7. The fraction of sp³-hybridized carbons (Fsp3) is 0.318. The van der Waals surface area contributed by atoms with Gasteiger partial charge in [-0.1, -0.05) is 24.3 Å². The molecule has 0 heterocycles. The molecule has 0 fully saturated rings. The van der Waals surface area contributed by atoms with E-state index in [1.807, 2.05) is 30.7 Å². The summed E-state index contributed by atoms with van der Waals surface area (Å²) in [6.07, 6.45) is 4.19. The molecule has 166 valence electrons. The van der Waals surface area contributed by atoms with Crippen molar-refractivity contribution >= 4 is 47.0 Å². The van der Waals surface area contributed by atoms with E-state index in [0.29, 0.717) is 29.2 Å². The molecule has 0 aliphatic rings. The summed E-state index contributed by atoms with van der Waals surface area (Å²) in [5.41, 5.74) is 0.970. The van der Waals surface area contributed by atoms with Gasteiger partial charge >= 0.3 is 5.97 Å². The van der Waals surface area contributed by atoms with Gasteiger partial charge in [-0.2, -0.15) is 11.8 Å². The minimum Gasteiger partial charge on any atom is -0.496 e. The van der Waals surface area contributed by atoms with Gasteiger partial charge in [0, 0.05) is 4.90 Å². The number of anilines is 1. The quantitative estimate of drug-likeness (QED) is 0.390. The number of hydrogen-bond donors (Lipinski definition) is 2. The average molecular weight is 463 g/mol. The van der Waals surface area contributed by atoms with E-state index in [2.05, 4.69) is 10.6 Å². The topological polar surface area (TPSA) is 93.7 Å². The monoisotopic (exact) mass is 462 g/mol. The fourth-order valence-corrected chi connectivity index (χ4v) is 3.75. The molecule has 2 aromatic carbocycles. The molecule has 0 aromatic heterocycles. The molecule has 1 atom stereocenters. The van der Waals surface area contributed by atoms with Crippen LogP contribution in [0.4, 0.5) is 5.69 Å². The molecule has 2 rings (SSSR count). The van der Waals surface area contributed by atoms with E-state index in [-0.39, 0.29) is 0 Å². The van der Waals surface area contributed by atoms with Crippen LogP contribution in [0.2, 0.25) is 0 Å². The lowest BCUT2D eigenvalue weighted by molar-refractivity contribution is -0.149. The highest BCUT2D eigenvalue weighted by molar-refractivity contribution is 7.98. The summed E-state index contributed by atoms with van der Waals surface area (Å²) in [5.74, 6) is -0.512. The molecule has 2 aromatic rings. The summed E-state index contributed by atoms with van der Waals surface area (Å²) < 4.78 is 10.4. The Morgan fingerprint density at radius 2 is 1.74 bits per heavy atom. The number of hydrogen-bond acceptors (Lipinski definition) is 7. The Bertz CT molecular complexity index is 907. The van der Waals surface area contributed by atoms with Crippen molar-refractivity contribution in [2.75, 3.05) is 37.3 Å². The number of carbonyl (C=O) groups is 3. The van der Waals surface area contributed by atoms with E-state index in [9.17, 15) is 14.4 Å². The normalized spacial score (nSPS) is 11.3. The second-order valence-corrected chi connectivity index (χ2v) is 8.20. The Labute approximate surface area is 190 Å². The van der Waals surface area contributed by atoms with Crippen molar-refractivity contribution in [1.29, 1.82) is 0 Å². The van der Waals surface area contributed by atoms with Gasteiger partial charge in [-0.25, -0.2) is 4.79 Å². The molecule has 2 amide bonds. The maximum Gasteiger partial charge on any atom is 0.329 e. The van der Waals surface area contributed by atoms with Crippen molar-refractivity contribution in [3.8, 4) is 5.75 Å². The molecule has 2 N–H and O–H groups in total. The first kappa shape index (κ1) is 24.6. The van der Waals surface area contributed by atoms with Crippen LogP contribution in [0.1, 0.15) is 16.8 Å². The largest absolute Gasteiger partial charge is 0.496 e. The van der Waals surface area contributed by atoms with Crippen molar-refractivity contribution in [2.24, 2.45) is 0 Å². The second kappa shape index (κ2) is 12.9. The summed E-state index contributed by atoms with van der Waals surface area (Å²) in [6.45, 7) is -0.443. The molecule has 0 aliphatic heterocycles. The molecule has 0 saturated carbocycles. The molecule has 0 aliphatic carbocycles. The summed E-state index contributed by atoms with van der Waals surface area (Å²) in [5, 5.41) is 5.43. The Hall–Kier alpha value is -2.65. The third-order valence-electron chi connectivity index (χ3n) is 4.28. The van der Waals surface area contributed by atoms with Gasteiger partial charge in [-0.3, -0.25) is 9.59 Å². The first-order valence-electron chi connectivity index (χ1n) is 9.52. The van der Waals surface area contributed by atoms with Gasteiger partial charge in [0.2, 0.25) is 0 Å². The maximum absolute atomic E-state index is 12.7. The predicted molar refractivity (Wildman–Crippen MR) is 125 cm³/mol. The van der Waals surface area contributed by atoms with Crippen LogP contribution in [-0.2, 0) is 14.3 Å². The van der Waals surface area contributed by atoms with Gasteiger partial charge in [-0.05, 0) is 49.0 Å². The highest BCUT2D eigenvalue weighted by atomic mass is 32.2. The van der Waals surface area contributed by atoms with Gasteiger partial charge in [0.25, 0.3) is 11.8 Å². The minimum absolute atomic E-state index is 0.318. The second-order valence-electron chi connectivity index (χ2n) is 6.36. The number of esters is 1. The minimum atomic E-state index is -0.879. The van der Waals surface area contributed by atoms with Crippen LogP contribution in [0.25, 0.3) is 0 Å². The number of nitrogens with one attached hydrogen (secondary N) is 2. The Kier molecular flexibility index (Phi) is 10.3. The first-order valence-corrected chi connectivity index (χ1v) is 12.1. The standard InChI is InChI=1S/C22H26N2O5S2/c1-28-18-10-6-4-8-15(18)21(26)24-17(12-13-30-2)22(27)29-14-20(25)23-16-9-5-7-11-19(16)31-3/h4-11,17H,12-14H2,1-3H3,(H,23,25)(H,24,26). The summed E-state index contributed by atoms with van der Waals surface area (Å²) in [4.78, 5) is 38.4. The maximum atomic E-state index is 12.7. The molecule has 0 radical (unpaired) electrons. The molecule has 0 bridgehead atoms. The molecular formula is C22H26N2O5S2. The lowest BCUT2D eigenvalue weighted by Gasteiger charge is -2.18. The predicted octanol–water partition coefficient (Wildman–Crippen LogP) is 3.45. The summed E-state index contributed by atoms with van der Waals surface area (Å²) in [6, 6.07) is 13.2. The number of methoxy groups -OCH3 is 1. The van der Waals surface area contributed by atoms with Crippen molar-refractivity contribution in [3.63, 3.8) is 0 Å². The SMILES string of the molecule is COc1ccccc1C(=O)NC(CCSC)C(=O)OCC(=O)Nc1ccccc1SC. The molecule has 0 saturated heterocycles. The van der Waals surface area contributed by atoms with Crippen LogP contribution in [0.3, 0.4) is 0 Å². The number of rotatable bonds is 11. The number of thioether (sulfide) groups is 2. The highest BCUT2D eigenvalue weighted by Crippen LogP contribution is 2.24. The van der Waals surface area contributed by atoms with Crippen molar-refractivity contribution in [2.45, 2.75) is 17.4 Å². The number of para-hydroxylation sites is 2. The van der Waals surface area contributed by atoms with Gasteiger partial charge in [0.1, 0.15) is 11.8 Å². The molecule has 7 nitrogen and oxygen atoms in total. The van der Waals surface area contributed by atoms with E-state index >= 15 is 0 Å². The molecule has 31 heavy (non-hydrogen) atoms. The van der Waals surface area contributed by atoms with Crippen molar-refractivity contribution in [3.05, 3.63) is 54.1 Å². The first-order chi connectivity index (χ1) is 15.0. The summed E-state index contributed by atoms with van der Waals surface area (Å²) in [7, 11) is 1.47. The number of amides is 2. The van der Waals surface area contributed by atoms with Crippen molar-refractivity contribution in [1.82, 2.24) is 5.32 Å². The van der Waals surface area contributed by atoms with E-state index in [1.165, 1.54) is 18.9 Å². The Balaban J connectivity index is 1.99. The zero-order valence-corrected chi connectivity index (χ0v) is 19.3.